The van der Waals surface area contributed by atoms with Crippen LogP contribution in [0, 0.1) is 24.7 Å². The highest BCUT2D eigenvalue weighted by Gasteiger charge is 2.46. The maximum atomic E-state index is 13.2. The summed E-state index contributed by atoms with van der Waals surface area (Å²) in [5.74, 6) is 0.955. The third-order valence-corrected chi connectivity index (χ3v) is 9.86. The summed E-state index contributed by atoms with van der Waals surface area (Å²) in [6.07, 6.45) is 9.19. The lowest BCUT2D eigenvalue weighted by atomic mass is 9.79. The third-order valence-electron chi connectivity index (χ3n) is 9.86. The van der Waals surface area contributed by atoms with Crippen molar-refractivity contribution in [2.75, 3.05) is 6.54 Å². The van der Waals surface area contributed by atoms with E-state index in [2.05, 4.69) is 40.3 Å². The number of carbonyl (C=O) groups excluding carboxylic acids is 1. The van der Waals surface area contributed by atoms with Crippen LogP contribution in [0.1, 0.15) is 98.1 Å². The molecule has 0 radical (unpaired) electrons. The first-order valence-electron chi connectivity index (χ1n) is 14.8. The number of rotatable bonds is 8. The van der Waals surface area contributed by atoms with Gasteiger partial charge in [0, 0.05) is 25.9 Å². The fraction of sp³-hybridized carbons (Fsp3) is 0.562. The van der Waals surface area contributed by atoms with Crippen molar-refractivity contribution in [2.24, 2.45) is 24.8 Å². The quantitative estimate of drug-likeness (QED) is 0.391. The third kappa shape index (κ3) is 4.74. The molecule has 39 heavy (non-hydrogen) atoms. The van der Waals surface area contributed by atoms with Crippen LogP contribution < -0.4 is 0 Å². The Balaban J connectivity index is 1.30. The number of hydrogen-bond donors (Lipinski definition) is 1. The van der Waals surface area contributed by atoms with Gasteiger partial charge >= 0.3 is 5.97 Å². The van der Waals surface area contributed by atoms with Crippen LogP contribution in [0.4, 0.5) is 0 Å². The van der Waals surface area contributed by atoms with Crippen LogP contribution in [0.3, 0.4) is 0 Å². The Morgan fingerprint density at radius 3 is 2.62 bits per heavy atom. The minimum atomic E-state index is -0.826. The number of carbonyl (C=O) groups is 2. The Morgan fingerprint density at radius 2 is 1.87 bits per heavy atom. The molecular weight excluding hydrogens is 488 g/mol. The zero-order valence-corrected chi connectivity index (χ0v) is 23.4. The van der Waals surface area contributed by atoms with E-state index in [0.29, 0.717) is 24.2 Å². The summed E-state index contributed by atoms with van der Waals surface area (Å²) >= 11 is 0. The van der Waals surface area contributed by atoms with E-state index < -0.39 is 5.97 Å². The number of aliphatic carboxylic acids is 1. The van der Waals surface area contributed by atoms with Gasteiger partial charge in [-0.05, 0) is 77.8 Å². The number of carboxylic acid groups (broad SMARTS) is 1. The van der Waals surface area contributed by atoms with Crippen molar-refractivity contribution in [3.05, 3.63) is 58.1 Å². The molecule has 6 rings (SSSR count). The Kier molecular flexibility index (Phi) is 6.94. The molecule has 2 fully saturated rings. The molecule has 206 valence electrons. The van der Waals surface area contributed by atoms with Crippen LogP contribution in [-0.2, 0) is 23.1 Å². The summed E-state index contributed by atoms with van der Waals surface area (Å²) in [6.45, 7) is 5.15. The lowest BCUT2D eigenvalue weighted by molar-refractivity contribution is -0.137. The summed E-state index contributed by atoms with van der Waals surface area (Å²) in [6, 6.07) is 10.7. The molecule has 1 aromatic heterocycles. The molecule has 2 aromatic carbocycles. The van der Waals surface area contributed by atoms with Gasteiger partial charge in [-0.1, -0.05) is 62.1 Å². The van der Waals surface area contributed by atoms with Crippen LogP contribution >= 0.6 is 0 Å². The summed E-state index contributed by atoms with van der Waals surface area (Å²) in [5.41, 5.74) is 7.25. The number of likely N-dealkylation sites (tertiary alicyclic amines) is 1. The van der Waals surface area contributed by atoms with E-state index in [9.17, 15) is 14.7 Å². The van der Waals surface area contributed by atoms with Gasteiger partial charge in [-0.15, -0.1) is 5.10 Å². The van der Waals surface area contributed by atoms with Crippen LogP contribution in [0.25, 0.3) is 11.0 Å². The van der Waals surface area contributed by atoms with Gasteiger partial charge in [0.15, 0.2) is 0 Å². The molecular formula is C32H40N4O3. The molecule has 2 aliphatic carbocycles. The molecule has 1 aliphatic heterocycles. The number of hydrogen-bond acceptors (Lipinski definition) is 4. The minimum absolute atomic E-state index is 0.00311. The second kappa shape index (κ2) is 10.4. The van der Waals surface area contributed by atoms with Gasteiger partial charge in [-0.25, -0.2) is 4.68 Å². The van der Waals surface area contributed by atoms with E-state index in [1.807, 2.05) is 26.1 Å². The van der Waals surface area contributed by atoms with E-state index in [1.165, 1.54) is 49.7 Å². The smallest absolute Gasteiger partial charge is 0.304 e. The number of benzene rings is 2. The van der Waals surface area contributed by atoms with E-state index >= 15 is 0 Å². The van der Waals surface area contributed by atoms with Gasteiger partial charge in [-0.3, -0.25) is 9.59 Å². The van der Waals surface area contributed by atoms with Crippen LogP contribution in [0.15, 0.2) is 30.3 Å². The van der Waals surface area contributed by atoms with Crippen molar-refractivity contribution in [3.63, 3.8) is 0 Å². The van der Waals surface area contributed by atoms with Crippen molar-refractivity contribution < 1.29 is 14.7 Å². The van der Waals surface area contributed by atoms with Crippen molar-refractivity contribution >= 4 is 22.9 Å². The minimum Gasteiger partial charge on any atom is -0.481 e. The largest absolute Gasteiger partial charge is 0.481 e. The molecule has 0 bridgehead atoms. The number of fused-ring (bicyclic) bond motifs is 4. The van der Waals surface area contributed by atoms with E-state index in [4.69, 9.17) is 0 Å². The lowest BCUT2D eigenvalue weighted by Crippen LogP contribution is -2.34. The molecule has 1 amide bonds. The summed E-state index contributed by atoms with van der Waals surface area (Å²) in [4.78, 5) is 27.5. The number of amides is 1. The van der Waals surface area contributed by atoms with Crippen molar-refractivity contribution in [1.29, 1.82) is 0 Å². The Morgan fingerprint density at radius 1 is 1.10 bits per heavy atom. The van der Waals surface area contributed by atoms with Gasteiger partial charge < -0.3 is 10.0 Å². The molecule has 3 atom stereocenters. The highest BCUT2D eigenvalue weighted by atomic mass is 16.4. The fourth-order valence-corrected chi connectivity index (χ4v) is 7.86. The van der Waals surface area contributed by atoms with Gasteiger partial charge in [-0.2, -0.15) is 0 Å². The van der Waals surface area contributed by atoms with Crippen LogP contribution in [0.2, 0.25) is 0 Å². The normalized spacial score (nSPS) is 25.2. The lowest BCUT2D eigenvalue weighted by Gasteiger charge is -2.34. The molecule has 0 spiro atoms. The molecule has 7 heteroatoms. The van der Waals surface area contributed by atoms with Gasteiger partial charge in [0.2, 0.25) is 5.91 Å². The molecule has 1 saturated heterocycles. The predicted molar refractivity (Wildman–Crippen MR) is 150 cm³/mol. The molecule has 7 nitrogen and oxygen atoms in total. The molecule has 1 saturated carbocycles. The maximum absolute atomic E-state index is 13.2. The maximum Gasteiger partial charge on any atom is 0.304 e. The van der Waals surface area contributed by atoms with Crippen LogP contribution in [0.5, 0.6) is 0 Å². The SMILES string of the molecule is CCCC1CCC(CN2C(=O)CC3Cc4ccc(C(CC(=O)O)c5ccc6c(nnn6C)c5C)cc4C32)CC1. The van der Waals surface area contributed by atoms with Crippen molar-refractivity contribution in [2.45, 2.75) is 83.6 Å². The monoisotopic (exact) mass is 528 g/mol. The fourth-order valence-electron chi connectivity index (χ4n) is 7.86. The van der Waals surface area contributed by atoms with Crippen molar-refractivity contribution in [1.82, 2.24) is 19.9 Å². The first-order valence-corrected chi connectivity index (χ1v) is 14.8. The summed E-state index contributed by atoms with van der Waals surface area (Å²) < 4.78 is 1.75. The first kappa shape index (κ1) is 26.0. The van der Waals surface area contributed by atoms with Crippen LogP contribution in [-0.4, -0.2) is 43.4 Å². The summed E-state index contributed by atoms with van der Waals surface area (Å²) in [7, 11) is 1.87. The number of aromatic nitrogens is 3. The van der Waals surface area contributed by atoms with E-state index in [0.717, 1.165) is 46.6 Å². The Labute approximate surface area is 230 Å². The van der Waals surface area contributed by atoms with Gasteiger partial charge in [0.25, 0.3) is 0 Å². The topological polar surface area (TPSA) is 88.3 Å². The number of nitrogens with zero attached hydrogens (tertiary/aromatic N) is 4. The van der Waals surface area contributed by atoms with E-state index in [-0.39, 0.29) is 18.4 Å². The highest BCUT2D eigenvalue weighted by Crippen LogP contribution is 2.49. The zero-order valence-electron chi connectivity index (χ0n) is 23.4. The molecule has 1 N–H and O–H groups in total. The average molecular weight is 529 g/mol. The Hall–Kier alpha value is -3.22. The second-order valence-electron chi connectivity index (χ2n) is 12.3. The molecule has 2 heterocycles. The molecule has 3 aromatic rings. The molecule has 3 unspecified atom stereocenters. The first-order chi connectivity index (χ1) is 18.8. The van der Waals surface area contributed by atoms with Crippen molar-refractivity contribution in [3.8, 4) is 0 Å². The average Bonchev–Trinajstić information content (AvgIpc) is 3.56. The second-order valence-corrected chi connectivity index (χ2v) is 12.3. The number of aryl methyl sites for hydroxylation is 2. The number of carboxylic acids is 1. The Bertz CT molecular complexity index is 1400. The highest BCUT2D eigenvalue weighted by molar-refractivity contribution is 5.81. The standard InChI is InChI=1S/C32H40N4O3/c1-4-5-20-6-8-21(9-7-20)18-36-29(37)16-24-14-22-10-11-23(15-27(22)32(24)36)26(17-30(38)39)25-12-13-28-31(19(25)2)33-34-35(28)3/h10-13,15,20-21,24,26,32H,4-9,14,16-18H2,1-3H3,(H,38,39). The predicted octanol–water partition coefficient (Wildman–Crippen LogP) is 5.94. The van der Waals surface area contributed by atoms with Gasteiger partial charge in [0.05, 0.1) is 18.0 Å². The zero-order chi connectivity index (χ0) is 27.3. The molecule has 3 aliphatic rings. The summed E-state index contributed by atoms with van der Waals surface area (Å²) in [5, 5.41) is 18.4. The van der Waals surface area contributed by atoms with E-state index in [1.54, 1.807) is 4.68 Å². The van der Waals surface area contributed by atoms with Gasteiger partial charge in [0.1, 0.15) is 5.52 Å².